The number of hydrogen-bond acceptors (Lipinski definition) is 5. The third kappa shape index (κ3) is 3.88. The molecule has 0 aliphatic rings. The quantitative estimate of drug-likeness (QED) is 0.829. The van der Waals surface area contributed by atoms with E-state index in [1.165, 1.54) is 29.9 Å². The van der Waals surface area contributed by atoms with Crippen LogP contribution in [0.3, 0.4) is 0 Å². The Morgan fingerprint density at radius 1 is 1.45 bits per heavy atom. The van der Waals surface area contributed by atoms with Gasteiger partial charge in [0.05, 0.1) is 19.3 Å². The van der Waals surface area contributed by atoms with Crippen LogP contribution in [0.5, 0.6) is 0 Å². The van der Waals surface area contributed by atoms with Gasteiger partial charge in [0.1, 0.15) is 5.69 Å². The molecule has 0 saturated carbocycles. The monoisotopic (exact) mass is 287 g/mol. The van der Waals surface area contributed by atoms with E-state index >= 15 is 0 Å². The van der Waals surface area contributed by atoms with Crippen molar-refractivity contribution in [3.8, 4) is 11.8 Å². The van der Waals surface area contributed by atoms with Crippen molar-refractivity contribution in [3.05, 3.63) is 46.2 Å². The average molecular weight is 287 g/mol. The van der Waals surface area contributed by atoms with Crippen molar-refractivity contribution in [2.75, 3.05) is 6.61 Å². The zero-order valence-electron chi connectivity index (χ0n) is 10.7. The van der Waals surface area contributed by atoms with Crippen molar-refractivity contribution in [2.45, 2.75) is 13.0 Å². The molecule has 0 aromatic carbocycles. The molecule has 0 fully saturated rings. The average Bonchev–Trinajstić information content (AvgIpc) is 2.93. The van der Waals surface area contributed by atoms with Crippen LogP contribution in [0, 0.1) is 11.8 Å². The molecule has 0 atom stereocenters. The largest absolute Gasteiger partial charge is 0.395 e. The van der Waals surface area contributed by atoms with Crippen molar-refractivity contribution < 1.29 is 9.90 Å². The minimum absolute atomic E-state index is 0.0515. The Hall–Kier alpha value is -2.23. The summed E-state index contributed by atoms with van der Waals surface area (Å²) in [6.07, 6.45) is 4.86. The normalized spacial score (nSPS) is 9.65. The van der Waals surface area contributed by atoms with Gasteiger partial charge < -0.3 is 10.4 Å². The first kappa shape index (κ1) is 14.2. The highest BCUT2D eigenvalue weighted by Crippen LogP contribution is 2.15. The van der Waals surface area contributed by atoms with Gasteiger partial charge in [-0.15, -0.1) is 11.3 Å². The molecular weight excluding hydrogens is 274 g/mol. The van der Waals surface area contributed by atoms with Crippen LogP contribution >= 0.6 is 11.3 Å². The van der Waals surface area contributed by atoms with Crippen molar-refractivity contribution in [1.82, 2.24) is 15.3 Å². The molecule has 20 heavy (non-hydrogen) atoms. The number of thiophene rings is 1. The zero-order valence-corrected chi connectivity index (χ0v) is 11.5. The number of nitrogens with one attached hydrogen (secondary N) is 1. The molecule has 0 aliphatic heterocycles. The van der Waals surface area contributed by atoms with Crippen LogP contribution in [0.1, 0.15) is 27.3 Å². The second-order valence-electron chi connectivity index (χ2n) is 3.81. The second kappa shape index (κ2) is 7.38. The van der Waals surface area contributed by atoms with Gasteiger partial charge in [-0.1, -0.05) is 11.8 Å². The van der Waals surface area contributed by atoms with E-state index in [1.54, 1.807) is 0 Å². The molecule has 0 saturated heterocycles. The van der Waals surface area contributed by atoms with E-state index in [2.05, 4.69) is 27.1 Å². The fraction of sp³-hybridized carbons (Fsp3) is 0.214. The van der Waals surface area contributed by atoms with Gasteiger partial charge in [-0.3, -0.25) is 9.78 Å². The van der Waals surface area contributed by atoms with Gasteiger partial charge in [-0.2, -0.15) is 0 Å². The highest BCUT2D eigenvalue weighted by atomic mass is 32.1. The van der Waals surface area contributed by atoms with E-state index in [0.29, 0.717) is 13.0 Å². The third-order valence-corrected chi connectivity index (χ3v) is 3.33. The number of hydrogen-bond donors (Lipinski definition) is 2. The SMILES string of the molecule is O=C(NCc1sccc1C#CCCO)c1cnccn1. The highest BCUT2D eigenvalue weighted by molar-refractivity contribution is 7.10. The van der Waals surface area contributed by atoms with E-state index in [-0.39, 0.29) is 18.2 Å². The molecule has 0 radical (unpaired) electrons. The number of carbonyl (C=O) groups excluding carboxylic acids is 1. The first-order valence-electron chi connectivity index (χ1n) is 6.01. The van der Waals surface area contributed by atoms with E-state index < -0.39 is 0 Å². The summed E-state index contributed by atoms with van der Waals surface area (Å²) < 4.78 is 0. The standard InChI is InChI=1S/C14H13N3O2S/c18-7-2-1-3-11-4-8-20-13(11)10-17-14(19)12-9-15-5-6-16-12/h4-6,8-9,18H,2,7,10H2,(H,17,19). The first-order chi connectivity index (χ1) is 9.81. The summed E-state index contributed by atoms with van der Waals surface area (Å²) >= 11 is 1.53. The van der Waals surface area contributed by atoms with E-state index in [4.69, 9.17) is 5.11 Å². The van der Waals surface area contributed by atoms with Gasteiger partial charge in [0, 0.05) is 29.3 Å². The summed E-state index contributed by atoms with van der Waals surface area (Å²) in [6.45, 7) is 0.450. The highest BCUT2D eigenvalue weighted by Gasteiger charge is 2.08. The van der Waals surface area contributed by atoms with Crippen LogP contribution in [0.2, 0.25) is 0 Å². The number of aliphatic hydroxyl groups is 1. The topological polar surface area (TPSA) is 75.1 Å². The molecule has 0 unspecified atom stereocenters. The lowest BCUT2D eigenvalue weighted by atomic mass is 10.2. The van der Waals surface area contributed by atoms with Gasteiger partial charge >= 0.3 is 0 Å². The van der Waals surface area contributed by atoms with Crippen LogP contribution in [0.4, 0.5) is 0 Å². The minimum atomic E-state index is -0.263. The molecule has 102 valence electrons. The molecule has 2 aromatic heterocycles. The van der Waals surface area contributed by atoms with Crippen LogP contribution < -0.4 is 5.32 Å². The van der Waals surface area contributed by atoms with Gasteiger partial charge in [-0.25, -0.2) is 4.98 Å². The predicted octanol–water partition coefficient (Wildman–Crippen LogP) is 1.20. The molecule has 2 rings (SSSR count). The van der Waals surface area contributed by atoms with Crippen LogP contribution in [0.15, 0.2) is 30.0 Å². The predicted molar refractivity (Wildman–Crippen MR) is 76.1 cm³/mol. The summed E-state index contributed by atoms with van der Waals surface area (Å²) in [5, 5.41) is 13.4. The maximum absolute atomic E-state index is 11.8. The van der Waals surface area contributed by atoms with Gasteiger partial charge in [0.25, 0.3) is 5.91 Å². The number of carbonyl (C=O) groups is 1. The number of rotatable bonds is 4. The fourth-order valence-corrected chi connectivity index (χ4v) is 2.24. The van der Waals surface area contributed by atoms with Crippen molar-refractivity contribution in [2.24, 2.45) is 0 Å². The third-order valence-electron chi connectivity index (χ3n) is 2.41. The maximum Gasteiger partial charge on any atom is 0.271 e. The molecule has 0 bridgehead atoms. The summed E-state index contributed by atoms with van der Waals surface area (Å²) in [5.41, 5.74) is 1.17. The lowest BCUT2D eigenvalue weighted by molar-refractivity contribution is 0.0946. The van der Waals surface area contributed by atoms with Crippen molar-refractivity contribution in [1.29, 1.82) is 0 Å². The summed E-state index contributed by atoms with van der Waals surface area (Å²) in [6, 6.07) is 1.90. The number of aromatic nitrogens is 2. The Balaban J connectivity index is 1.97. The maximum atomic E-state index is 11.8. The lowest BCUT2D eigenvalue weighted by Gasteiger charge is -2.03. The summed E-state index contributed by atoms with van der Waals surface area (Å²) in [7, 11) is 0. The van der Waals surface area contributed by atoms with Crippen LogP contribution in [-0.4, -0.2) is 27.6 Å². The fourth-order valence-electron chi connectivity index (χ4n) is 1.47. The second-order valence-corrected chi connectivity index (χ2v) is 4.81. The van der Waals surface area contributed by atoms with E-state index in [1.807, 2.05) is 11.4 Å². The summed E-state index contributed by atoms with van der Waals surface area (Å²) in [4.78, 5) is 20.6. The number of nitrogens with zero attached hydrogens (tertiary/aromatic N) is 2. The Kier molecular flexibility index (Phi) is 5.24. The minimum Gasteiger partial charge on any atom is -0.395 e. The number of amides is 1. The smallest absolute Gasteiger partial charge is 0.271 e. The molecular formula is C14H13N3O2S. The first-order valence-corrected chi connectivity index (χ1v) is 6.89. The van der Waals surface area contributed by atoms with Crippen LogP contribution in [-0.2, 0) is 6.54 Å². The Morgan fingerprint density at radius 3 is 3.10 bits per heavy atom. The van der Waals surface area contributed by atoms with E-state index in [9.17, 15) is 4.79 Å². The Morgan fingerprint density at radius 2 is 2.35 bits per heavy atom. The van der Waals surface area contributed by atoms with Crippen molar-refractivity contribution >= 4 is 17.2 Å². The van der Waals surface area contributed by atoms with Gasteiger partial charge in [0.15, 0.2) is 0 Å². The van der Waals surface area contributed by atoms with Gasteiger partial charge in [0.2, 0.25) is 0 Å². The van der Waals surface area contributed by atoms with Crippen molar-refractivity contribution in [3.63, 3.8) is 0 Å². The molecule has 5 nitrogen and oxygen atoms in total. The molecule has 2 N–H and O–H groups in total. The zero-order chi connectivity index (χ0) is 14.2. The Labute approximate surface area is 120 Å². The summed E-state index contributed by atoms with van der Waals surface area (Å²) in [5.74, 6) is 5.58. The van der Waals surface area contributed by atoms with Gasteiger partial charge in [-0.05, 0) is 11.4 Å². The van der Waals surface area contributed by atoms with E-state index in [0.717, 1.165) is 10.4 Å². The Bertz CT molecular complexity index is 629. The molecule has 1 amide bonds. The number of aliphatic hydroxyl groups excluding tert-OH is 1. The molecule has 2 aromatic rings. The molecule has 0 spiro atoms. The molecule has 6 heteroatoms. The molecule has 2 heterocycles. The lowest BCUT2D eigenvalue weighted by Crippen LogP contribution is -2.23. The van der Waals surface area contributed by atoms with Crippen LogP contribution in [0.25, 0.3) is 0 Å². The molecule has 0 aliphatic carbocycles.